The number of fused-ring (bicyclic) bond motifs is 5. The van der Waals surface area contributed by atoms with E-state index in [1.165, 1.54) is 30.3 Å². The molecular weight excluding hydrogens is 464 g/mol. The van der Waals surface area contributed by atoms with Gasteiger partial charge in [0.25, 0.3) is 11.5 Å². The maximum absolute atomic E-state index is 14.5. The van der Waals surface area contributed by atoms with Crippen molar-refractivity contribution in [1.82, 2.24) is 25.3 Å². The van der Waals surface area contributed by atoms with Gasteiger partial charge in [0.15, 0.2) is 0 Å². The minimum Gasteiger partial charge on any atom is -0.337 e. The normalized spacial score (nSPS) is 26.2. The van der Waals surface area contributed by atoms with Crippen LogP contribution >= 0.6 is 0 Å². The third kappa shape index (κ3) is 3.10. The molecule has 1 aromatic carbocycles. The van der Waals surface area contributed by atoms with E-state index in [0.717, 1.165) is 36.9 Å². The summed E-state index contributed by atoms with van der Waals surface area (Å²) in [5, 5.41) is 15.2. The third-order valence-corrected chi connectivity index (χ3v) is 8.99. The number of hydrogen-bond acceptors (Lipinski definition) is 5. The lowest BCUT2D eigenvalue weighted by molar-refractivity contribution is 0.0418. The Morgan fingerprint density at radius 3 is 2.61 bits per heavy atom. The Balaban J connectivity index is 1.38. The molecule has 1 amide bonds. The number of amides is 1. The second kappa shape index (κ2) is 8.01. The number of aromatic nitrogens is 4. The number of rotatable bonds is 3. The van der Waals surface area contributed by atoms with Gasteiger partial charge in [-0.2, -0.15) is 15.3 Å². The fourth-order valence-electron chi connectivity index (χ4n) is 7.33. The number of piperidine rings is 1. The average Bonchev–Trinajstić information content (AvgIpc) is 3.25. The van der Waals surface area contributed by atoms with E-state index in [1.807, 2.05) is 11.0 Å². The molecule has 3 atom stereocenters. The second-order valence-electron chi connectivity index (χ2n) is 10.8. The third-order valence-electron chi connectivity index (χ3n) is 8.99. The number of nitrogens with one attached hydrogen (secondary N) is 1. The van der Waals surface area contributed by atoms with E-state index in [1.54, 1.807) is 0 Å². The molecule has 0 radical (unpaired) electrons. The predicted molar refractivity (Wildman–Crippen MR) is 128 cm³/mol. The first-order valence-corrected chi connectivity index (χ1v) is 12.4. The number of H-pyrrole nitrogens is 1. The topological polar surface area (TPSA) is 91.8 Å². The number of benzene rings is 1. The molecule has 186 valence electrons. The summed E-state index contributed by atoms with van der Waals surface area (Å²) in [6, 6.07) is 8.40. The van der Waals surface area contributed by atoms with Crippen LogP contribution in [0.5, 0.6) is 0 Å². The van der Waals surface area contributed by atoms with Crippen LogP contribution in [0.25, 0.3) is 11.3 Å². The minimum absolute atomic E-state index is 0.148. The van der Waals surface area contributed by atoms with Crippen molar-refractivity contribution in [3.63, 3.8) is 0 Å². The molecule has 3 aromatic rings. The Hall–Kier alpha value is -3.49. The molecule has 2 aromatic heterocycles. The molecule has 3 aliphatic rings. The Morgan fingerprint density at radius 1 is 1.11 bits per heavy atom. The summed E-state index contributed by atoms with van der Waals surface area (Å²) in [5.74, 6) is -1.15. The van der Waals surface area contributed by atoms with Gasteiger partial charge in [-0.05, 0) is 72.8 Å². The highest BCUT2D eigenvalue weighted by atomic mass is 19.1. The van der Waals surface area contributed by atoms with Crippen LogP contribution in [0.3, 0.4) is 0 Å². The van der Waals surface area contributed by atoms with Crippen molar-refractivity contribution in [1.29, 1.82) is 0 Å². The molecule has 3 unspecified atom stereocenters. The van der Waals surface area contributed by atoms with Crippen molar-refractivity contribution in [3.8, 4) is 11.3 Å². The van der Waals surface area contributed by atoms with Crippen molar-refractivity contribution in [3.05, 3.63) is 75.3 Å². The fourth-order valence-corrected chi connectivity index (χ4v) is 7.33. The summed E-state index contributed by atoms with van der Waals surface area (Å²) in [6.45, 7) is 5.68. The Morgan fingerprint density at radius 2 is 1.89 bits per heavy atom. The molecule has 9 heteroatoms. The summed E-state index contributed by atoms with van der Waals surface area (Å²) in [5.41, 5.74) is 1.43. The van der Waals surface area contributed by atoms with E-state index in [2.05, 4.69) is 34.2 Å². The van der Waals surface area contributed by atoms with Crippen LogP contribution < -0.4 is 5.56 Å². The van der Waals surface area contributed by atoms with Gasteiger partial charge in [0.2, 0.25) is 0 Å². The van der Waals surface area contributed by atoms with Crippen LogP contribution in [0.1, 0.15) is 67.2 Å². The zero-order valence-electron chi connectivity index (χ0n) is 20.2. The maximum Gasteiger partial charge on any atom is 0.274 e. The average molecular weight is 492 g/mol. The number of carbonyl (C=O) groups excluding carboxylic acids is 1. The van der Waals surface area contributed by atoms with Gasteiger partial charge in [0.05, 0.1) is 17.0 Å². The Kier molecular flexibility index (Phi) is 5.10. The molecule has 1 aliphatic heterocycles. The van der Waals surface area contributed by atoms with Gasteiger partial charge in [-0.3, -0.25) is 9.59 Å². The van der Waals surface area contributed by atoms with Crippen molar-refractivity contribution >= 4 is 5.91 Å². The lowest BCUT2D eigenvalue weighted by Gasteiger charge is -2.48. The standard InChI is InChI=1S/C27H27F2N5O2/c1-26(2)17-10-11-27(26,15-5-4-12-34(14-15)25(36)20-8-9-22(35)32-30-20)24-16(17)13-21(31-33-24)23-18(28)6-3-7-19(23)29/h3,6-9,13,15,17H,4-5,10-12,14H2,1-2H3,(H,32,35). The molecule has 2 bridgehead atoms. The first-order chi connectivity index (χ1) is 17.2. The maximum atomic E-state index is 14.5. The molecule has 0 spiro atoms. The van der Waals surface area contributed by atoms with Gasteiger partial charge < -0.3 is 4.90 Å². The van der Waals surface area contributed by atoms with Crippen LogP contribution in [-0.2, 0) is 5.41 Å². The van der Waals surface area contributed by atoms with Crippen molar-refractivity contribution in [2.24, 2.45) is 11.3 Å². The van der Waals surface area contributed by atoms with Crippen LogP contribution in [0.4, 0.5) is 8.78 Å². The summed E-state index contributed by atoms with van der Waals surface area (Å²) in [6.07, 6.45) is 3.69. The van der Waals surface area contributed by atoms with Crippen LogP contribution in [0.15, 0.2) is 41.2 Å². The largest absolute Gasteiger partial charge is 0.337 e. The SMILES string of the molecule is CC1(C)C2CCC1(C1CCCN(C(=O)c3ccc(=O)[nH]n3)C1)c1nnc(-c3c(F)cccc3F)cc12. The molecular formula is C27H27F2N5O2. The predicted octanol–water partition coefficient (Wildman–Crippen LogP) is 4.21. The van der Waals surface area contributed by atoms with Gasteiger partial charge in [-0.1, -0.05) is 19.9 Å². The van der Waals surface area contributed by atoms with Gasteiger partial charge in [0, 0.05) is 24.6 Å². The number of likely N-dealkylation sites (tertiary alicyclic amines) is 1. The molecule has 1 saturated heterocycles. The first kappa shape index (κ1) is 22.9. The number of hydrogen-bond donors (Lipinski definition) is 1. The summed E-state index contributed by atoms with van der Waals surface area (Å²) in [7, 11) is 0. The molecule has 1 N–H and O–H groups in total. The van der Waals surface area contributed by atoms with Gasteiger partial charge in [0.1, 0.15) is 17.3 Å². The van der Waals surface area contributed by atoms with Gasteiger partial charge in [-0.15, -0.1) is 0 Å². The van der Waals surface area contributed by atoms with Crippen LogP contribution in [0.2, 0.25) is 0 Å². The highest BCUT2D eigenvalue weighted by Gasteiger charge is 2.66. The van der Waals surface area contributed by atoms with Crippen LogP contribution in [-0.4, -0.2) is 44.3 Å². The quantitative estimate of drug-likeness (QED) is 0.593. The van der Waals surface area contributed by atoms with Gasteiger partial charge >= 0.3 is 0 Å². The lowest BCUT2D eigenvalue weighted by Crippen LogP contribution is -2.51. The van der Waals surface area contributed by atoms with E-state index in [9.17, 15) is 18.4 Å². The van der Waals surface area contributed by atoms with E-state index >= 15 is 0 Å². The molecule has 6 rings (SSSR count). The van der Waals surface area contributed by atoms with E-state index in [-0.39, 0.29) is 51.1 Å². The zero-order valence-corrected chi connectivity index (χ0v) is 20.2. The van der Waals surface area contributed by atoms with Crippen molar-refractivity contribution < 1.29 is 13.6 Å². The smallest absolute Gasteiger partial charge is 0.274 e. The van der Waals surface area contributed by atoms with E-state index < -0.39 is 11.6 Å². The second-order valence-corrected chi connectivity index (χ2v) is 10.8. The highest BCUT2D eigenvalue weighted by molar-refractivity contribution is 5.92. The number of nitrogens with zero attached hydrogens (tertiary/aromatic N) is 4. The lowest BCUT2D eigenvalue weighted by atomic mass is 9.59. The summed E-state index contributed by atoms with van der Waals surface area (Å²) < 4.78 is 29.0. The van der Waals surface area contributed by atoms with Crippen molar-refractivity contribution in [2.75, 3.05) is 13.1 Å². The summed E-state index contributed by atoms with van der Waals surface area (Å²) in [4.78, 5) is 26.4. The van der Waals surface area contributed by atoms with Crippen molar-refractivity contribution in [2.45, 2.75) is 50.9 Å². The molecule has 36 heavy (non-hydrogen) atoms. The first-order valence-electron chi connectivity index (χ1n) is 12.4. The number of aromatic amines is 1. The number of halogens is 2. The van der Waals surface area contributed by atoms with Gasteiger partial charge in [-0.25, -0.2) is 13.9 Å². The molecule has 7 nitrogen and oxygen atoms in total. The monoisotopic (exact) mass is 491 g/mol. The molecule has 1 saturated carbocycles. The Bertz CT molecular complexity index is 1400. The number of carbonyl (C=O) groups is 1. The van der Waals surface area contributed by atoms with E-state index in [0.29, 0.717) is 13.1 Å². The highest BCUT2D eigenvalue weighted by Crippen LogP contribution is 2.70. The van der Waals surface area contributed by atoms with E-state index in [4.69, 9.17) is 0 Å². The summed E-state index contributed by atoms with van der Waals surface area (Å²) >= 11 is 0. The molecule has 2 aliphatic carbocycles. The minimum atomic E-state index is -0.654. The molecule has 2 fully saturated rings. The molecule has 3 heterocycles. The fraction of sp³-hybridized carbons (Fsp3) is 0.444. The Labute approximate surface area is 207 Å². The zero-order chi connectivity index (χ0) is 25.2. The van der Waals surface area contributed by atoms with Crippen LogP contribution in [0, 0.1) is 23.0 Å².